The van der Waals surface area contributed by atoms with Crippen LogP contribution in [0.25, 0.3) is 0 Å². The van der Waals surface area contributed by atoms with Crippen LogP contribution in [0.3, 0.4) is 0 Å². The lowest BCUT2D eigenvalue weighted by molar-refractivity contribution is -0.136. The van der Waals surface area contributed by atoms with E-state index in [9.17, 15) is 4.79 Å². The third-order valence-electron chi connectivity index (χ3n) is 4.04. The summed E-state index contributed by atoms with van der Waals surface area (Å²) in [5.74, 6) is -0.806. The first-order chi connectivity index (χ1) is 10.7. The minimum atomic E-state index is -0.806. The van der Waals surface area contributed by atoms with E-state index in [4.69, 9.17) is 5.11 Å². The molecule has 0 amide bonds. The van der Waals surface area contributed by atoms with Crippen molar-refractivity contribution in [3.63, 3.8) is 0 Å². The largest absolute Gasteiger partial charge is 0.480 e. The zero-order valence-corrected chi connectivity index (χ0v) is 16.1. The number of unbranched alkanes of at least 4 members (excludes halogenated alkanes) is 11. The number of hydrogen-bond acceptors (Lipinski definition) is 3. The van der Waals surface area contributed by atoms with Gasteiger partial charge in [-0.3, -0.25) is 10.1 Å². The van der Waals surface area contributed by atoms with E-state index in [1.165, 1.54) is 77.0 Å². The van der Waals surface area contributed by atoms with Crippen LogP contribution in [0.15, 0.2) is 0 Å². The monoisotopic (exact) mass is 350 g/mol. The molecule has 140 valence electrons. The van der Waals surface area contributed by atoms with Gasteiger partial charge in [0.2, 0.25) is 0 Å². The second-order valence-corrected chi connectivity index (χ2v) is 6.34. The van der Waals surface area contributed by atoms with Gasteiger partial charge in [-0.2, -0.15) is 0 Å². The number of hydrogen-bond donors (Lipinski definition) is 3. The third-order valence-corrected chi connectivity index (χ3v) is 4.04. The smallest absolute Gasteiger partial charge is 0.317 e. The van der Waals surface area contributed by atoms with Gasteiger partial charge < -0.3 is 10.4 Å². The maximum Gasteiger partial charge on any atom is 0.317 e. The van der Waals surface area contributed by atoms with E-state index in [1.54, 1.807) is 0 Å². The molecule has 0 aromatic carbocycles. The molecule has 0 saturated heterocycles. The molecule has 0 aromatic heterocycles. The van der Waals surface area contributed by atoms with Gasteiger partial charge in [-0.05, 0) is 19.9 Å². The molecule has 0 aliphatic carbocycles. The molecule has 5 heteroatoms. The van der Waals surface area contributed by atoms with Gasteiger partial charge >= 0.3 is 5.97 Å². The van der Waals surface area contributed by atoms with Crippen molar-refractivity contribution >= 4 is 18.4 Å². The summed E-state index contributed by atoms with van der Waals surface area (Å²) >= 11 is 0. The van der Waals surface area contributed by atoms with Crippen LogP contribution in [0.1, 0.15) is 90.9 Å². The molecule has 0 fully saturated rings. The van der Waals surface area contributed by atoms with E-state index in [-0.39, 0.29) is 25.1 Å². The maximum absolute atomic E-state index is 10.4. The SMILES string of the molecule is CCCCCCCCCCCCCCNC(C)NCC(=O)O.Cl. The molecule has 1 unspecified atom stereocenters. The molecule has 3 N–H and O–H groups in total. The lowest BCUT2D eigenvalue weighted by Gasteiger charge is -2.14. The Morgan fingerprint density at radius 1 is 0.826 bits per heavy atom. The molecule has 0 bridgehead atoms. The van der Waals surface area contributed by atoms with Gasteiger partial charge in [-0.15, -0.1) is 12.4 Å². The van der Waals surface area contributed by atoms with Gasteiger partial charge in [0.25, 0.3) is 0 Å². The molecular weight excluding hydrogens is 312 g/mol. The Morgan fingerprint density at radius 3 is 1.70 bits per heavy atom. The molecule has 0 radical (unpaired) electrons. The fraction of sp³-hybridized carbons (Fsp3) is 0.944. The van der Waals surface area contributed by atoms with Crippen molar-refractivity contribution in [1.82, 2.24) is 10.6 Å². The Hall–Kier alpha value is -0.320. The second kappa shape index (κ2) is 19.7. The summed E-state index contributed by atoms with van der Waals surface area (Å²) in [5.41, 5.74) is 0. The van der Waals surface area contributed by atoms with Crippen LogP contribution in [-0.2, 0) is 4.79 Å². The number of carboxylic acid groups (broad SMARTS) is 1. The first-order valence-corrected chi connectivity index (χ1v) is 9.35. The number of carbonyl (C=O) groups is 1. The molecule has 0 heterocycles. The van der Waals surface area contributed by atoms with E-state index in [1.807, 2.05) is 6.92 Å². The highest BCUT2D eigenvalue weighted by Crippen LogP contribution is 2.11. The van der Waals surface area contributed by atoms with Gasteiger partial charge in [0.15, 0.2) is 0 Å². The summed E-state index contributed by atoms with van der Waals surface area (Å²) in [6.45, 7) is 5.21. The third kappa shape index (κ3) is 21.7. The highest BCUT2D eigenvalue weighted by atomic mass is 35.5. The number of rotatable bonds is 17. The summed E-state index contributed by atoms with van der Waals surface area (Å²) in [6.07, 6.45) is 16.4. The zero-order valence-electron chi connectivity index (χ0n) is 15.2. The van der Waals surface area contributed by atoms with Gasteiger partial charge in [0.1, 0.15) is 0 Å². The molecule has 0 saturated carbocycles. The van der Waals surface area contributed by atoms with E-state index in [0.717, 1.165) is 6.54 Å². The van der Waals surface area contributed by atoms with Crippen molar-refractivity contribution in [2.45, 2.75) is 97.1 Å². The summed E-state index contributed by atoms with van der Waals surface area (Å²) in [6, 6.07) is 0. The average molecular weight is 351 g/mol. The van der Waals surface area contributed by atoms with Gasteiger partial charge in [-0.1, -0.05) is 77.6 Å². The fourth-order valence-corrected chi connectivity index (χ4v) is 2.60. The van der Waals surface area contributed by atoms with Crippen LogP contribution in [0, 0.1) is 0 Å². The second-order valence-electron chi connectivity index (χ2n) is 6.34. The number of nitrogens with one attached hydrogen (secondary N) is 2. The Bertz CT molecular complexity index is 253. The predicted molar refractivity (Wildman–Crippen MR) is 101 cm³/mol. The standard InChI is InChI=1S/C18H38N2O2.ClH/c1-3-4-5-6-7-8-9-10-11-12-13-14-15-19-17(2)20-16-18(21)22;/h17,19-20H,3-16H2,1-2H3,(H,21,22);1H. The van der Waals surface area contributed by atoms with Crippen molar-refractivity contribution < 1.29 is 9.90 Å². The molecule has 0 aliphatic rings. The lowest BCUT2D eigenvalue weighted by Crippen LogP contribution is -2.42. The molecule has 0 aromatic rings. The summed E-state index contributed by atoms with van der Waals surface area (Å²) in [4.78, 5) is 10.4. The zero-order chi connectivity index (χ0) is 16.5. The van der Waals surface area contributed by atoms with E-state index in [0.29, 0.717) is 0 Å². The van der Waals surface area contributed by atoms with Crippen molar-refractivity contribution in [2.24, 2.45) is 0 Å². The van der Waals surface area contributed by atoms with Crippen LogP contribution in [0.2, 0.25) is 0 Å². The average Bonchev–Trinajstić information content (AvgIpc) is 2.49. The summed E-state index contributed by atoms with van der Waals surface area (Å²) in [5, 5.41) is 14.8. The topological polar surface area (TPSA) is 61.4 Å². The van der Waals surface area contributed by atoms with Crippen LogP contribution in [0.4, 0.5) is 0 Å². The minimum absolute atomic E-state index is 0. The molecule has 4 nitrogen and oxygen atoms in total. The number of carboxylic acids is 1. The van der Waals surface area contributed by atoms with Crippen molar-refractivity contribution in [2.75, 3.05) is 13.1 Å². The molecular formula is C18H39ClN2O2. The van der Waals surface area contributed by atoms with Crippen LogP contribution in [0.5, 0.6) is 0 Å². The van der Waals surface area contributed by atoms with Gasteiger partial charge in [0.05, 0.1) is 12.7 Å². The van der Waals surface area contributed by atoms with Crippen LogP contribution < -0.4 is 10.6 Å². The van der Waals surface area contributed by atoms with Crippen molar-refractivity contribution in [1.29, 1.82) is 0 Å². The molecule has 1 atom stereocenters. The summed E-state index contributed by atoms with van der Waals surface area (Å²) in [7, 11) is 0. The first kappa shape index (κ1) is 24.9. The first-order valence-electron chi connectivity index (χ1n) is 9.35. The highest BCUT2D eigenvalue weighted by Gasteiger charge is 2.02. The Morgan fingerprint density at radius 2 is 1.26 bits per heavy atom. The van der Waals surface area contributed by atoms with Gasteiger partial charge in [0, 0.05) is 0 Å². The summed E-state index contributed by atoms with van der Waals surface area (Å²) < 4.78 is 0. The Balaban J connectivity index is 0. The maximum atomic E-state index is 10.4. The normalized spacial score (nSPS) is 11.9. The Kier molecular flexibility index (Phi) is 21.4. The molecule has 0 aliphatic heterocycles. The van der Waals surface area contributed by atoms with Crippen LogP contribution >= 0.6 is 12.4 Å². The lowest BCUT2D eigenvalue weighted by atomic mass is 10.1. The molecule has 23 heavy (non-hydrogen) atoms. The number of aliphatic carboxylic acids is 1. The number of halogens is 1. The van der Waals surface area contributed by atoms with Crippen molar-refractivity contribution in [3.8, 4) is 0 Å². The molecule has 0 spiro atoms. The minimum Gasteiger partial charge on any atom is -0.480 e. The Labute approximate surface area is 149 Å². The fourth-order valence-electron chi connectivity index (χ4n) is 2.60. The van der Waals surface area contributed by atoms with E-state index in [2.05, 4.69) is 17.6 Å². The molecule has 0 rings (SSSR count). The van der Waals surface area contributed by atoms with E-state index >= 15 is 0 Å². The predicted octanol–water partition coefficient (Wildman–Crippen LogP) is 4.72. The van der Waals surface area contributed by atoms with Crippen LogP contribution in [-0.4, -0.2) is 30.3 Å². The van der Waals surface area contributed by atoms with E-state index < -0.39 is 5.97 Å². The highest BCUT2D eigenvalue weighted by molar-refractivity contribution is 5.85. The van der Waals surface area contributed by atoms with Gasteiger partial charge in [-0.25, -0.2) is 0 Å². The van der Waals surface area contributed by atoms with Crippen molar-refractivity contribution in [3.05, 3.63) is 0 Å². The quantitative estimate of drug-likeness (QED) is 0.262.